The van der Waals surface area contributed by atoms with Gasteiger partial charge >= 0.3 is 0 Å². The van der Waals surface area contributed by atoms with Gasteiger partial charge in [-0.25, -0.2) is 0 Å². The van der Waals surface area contributed by atoms with E-state index in [0.717, 1.165) is 19.1 Å². The molecule has 1 unspecified atom stereocenters. The highest BCUT2D eigenvalue weighted by molar-refractivity contribution is 5.86. The standard InChI is InChI=1S/C19H26N2/c1-14(2)12-21(16-10-11-16)13-19(20)18-9-5-7-15-6-3-4-8-17(15)18/h3-9,14,16,19H,10-13,20H2,1-2H3. The van der Waals surface area contributed by atoms with Gasteiger partial charge in [-0.05, 0) is 35.1 Å². The molecule has 1 saturated carbocycles. The van der Waals surface area contributed by atoms with E-state index in [9.17, 15) is 0 Å². The number of fused-ring (bicyclic) bond motifs is 1. The molecule has 0 saturated heterocycles. The molecule has 2 N–H and O–H groups in total. The van der Waals surface area contributed by atoms with E-state index in [1.807, 2.05) is 0 Å². The van der Waals surface area contributed by atoms with Crippen molar-refractivity contribution >= 4 is 10.8 Å². The lowest BCUT2D eigenvalue weighted by atomic mass is 9.98. The first-order valence-electron chi connectivity index (χ1n) is 8.12. The molecule has 2 heteroatoms. The maximum absolute atomic E-state index is 6.56. The normalized spacial score (nSPS) is 16.8. The molecule has 0 aromatic heterocycles. The zero-order valence-electron chi connectivity index (χ0n) is 13.1. The average Bonchev–Trinajstić information content (AvgIpc) is 3.30. The van der Waals surface area contributed by atoms with Crippen molar-refractivity contribution in [2.75, 3.05) is 13.1 Å². The third-order valence-corrected chi connectivity index (χ3v) is 4.32. The van der Waals surface area contributed by atoms with Crippen LogP contribution >= 0.6 is 0 Å². The van der Waals surface area contributed by atoms with Gasteiger partial charge in [0.1, 0.15) is 0 Å². The molecule has 1 aliphatic rings. The highest BCUT2D eigenvalue weighted by Crippen LogP contribution is 2.30. The fourth-order valence-electron chi connectivity index (χ4n) is 3.21. The maximum atomic E-state index is 6.56. The molecule has 3 rings (SSSR count). The number of hydrogen-bond donors (Lipinski definition) is 1. The first-order chi connectivity index (χ1) is 10.1. The molecule has 112 valence electrons. The van der Waals surface area contributed by atoms with E-state index in [0.29, 0.717) is 5.92 Å². The number of nitrogens with two attached hydrogens (primary N) is 1. The van der Waals surface area contributed by atoms with Crippen LogP contribution < -0.4 is 5.73 Å². The summed E-state index contributed by atoms with van der Waals surface area (Å²) >= 11 is 0. The maximum Gasteiger partial charge on any atom is 0.0430 e. The van der Waals surface area contributed by atoms with Crippen molar-refractivity contribution in [3.63, 3.8) is 0 Å². The summed E-state index contributed by atoms with van der Waals surface area (Å²) in [6.07, 6.45) is 2.68. The predicted octanol–water partition coefficient (Wildman–Crippen LogP) is 3.96. The van der Waals surface area contributed by atoms with E-state index in [1.54, 1.807) is 0 Å². The quantitative estimate of drug-likeness (QED) is 0.869. The summed E-state index contributed by atoms with van der Waals surface area (Å²) in [6, 6.07) is 15.9. The van der Waals surface area contributed by atoms with E-state index in [2.05, 4.69) is 61.2 Å². The van der Waals surface area contributed by atoms with Crippen molar-refractivity contribution in [3.05, 3.63) is 48.0 Å². The molecule has 21 heavy (non-hydrogen) atoms. The summed E-state index contributed by atoms with van der Waals surface area (Å²) in [7, 11) is 0. The first-order valence-corrected chi connectivity index (χ1v) is 8.12. The average molecular weight is 282 g/mol. The molecule has 0 aliphatic heterocycles. The van der Waals surface area contributed by atoms with Gasteiger partial charge in [0.25, 0.3) is 0 Å². The number of nitrogens with zero attached hydrogens (tertiary/aromatic N) is 1. The van der Waals surface area contributed by atoms with Gasteiger partial charge in [0.15, 0.2) is 0 Å². The second-order valence-corrected chi connectivity index (χ2v) is 6.75. The molecule has 2 aromatic carbocycles. The molecule has 2 nitrogen and oxygen atoms in total. The third-order valence-electron chi connectivity index (χ3n) is 4.32. The fraction of sp³-hybridized carbons (Fsp3) is 0.474. The van der Waals surface area contributed by atoms with Gasteiger partial charge in [-0.2, -0.15) is 0 Å². The first kappa shape index (κ1) is 14.6. The molecule has 0 bridgehead atoms. The van der Waals surface area contributed by atoms with E-state index in [4.69, 9.17) is 5.73 Å². The lowest BCUT2D eigenvalue weighted by Gasteiger charge is -2.27. The van der Waals surface area contributed by atoms with E-state index >= 15 is 0 Å². The molecule has 1 fully saturated rings. The Hall–Kier alpha value is -1.38. The van der Waals surface area contributed by atoms with Crippen molar-refractivity contribution in [2.45, 2.75) is 38.8 Å². The molecule has 0 heterocycles. The Morgan fingerprint density at radius 2 is 1.76 bits per heavy atom. The summed E-state index contributed by atoms with van der Waals surface area (Å²) in [5.41, 5.74) is 7.84. The van der Waals surface area contributed by atoms with Crippen LogP contribution in [0.1, 0.15) is 38.3 Å². The van der Waals surface area contributed by atoms with Crippen molar-refractivity contribution in [3.8, 4) is 0 Å². The van der Waals surface area contributed by atoms with Gasteiger partial charge in [0.2, 0.25) is 0 Å². The summed E-state index contributed by atoms with van der Waals surface area (Å²) < 4.78 is 0. The van der Waals surface area contributed by atoms with Crippen LogP contribution in [-0.2, 0) is 0 Å². The molecule has 0 spiro atoms. The van der Waals surface area contributed by atoms with Gasteiger partial charge in [-0.15, -0.1) is 0 Å². The van der Waals surface area contributed by atoms with E-state index in [1.165, 1.54) is 29.2 Å². The van der Waals surface area contributed by atoms with Crippen molar-refractivity contribution in [2.24, 2.45) is 11.7 Å². The Labute approximate surface area is 127 Å². The van der Waals surface area contributed by atoms with E-state index in [-0.39, 0.29) is 6.04 Å². The lowest BCUT2D eigenvalue weighted by molar-refractivity contribution is 0.221. The van der Waals surface area contributed by atoms with Crippen LogP contribution in [0.3, 0.4) is 0 Å². The SMILES string of the molecule is CC(C)CN(CC(N)c1cccc2ccccc12)C1CC1. The minimum atomic E-state index is 0.0930. The van der Waals surface area contributed by atoms with Gasteiger partial charge in [0.05, 0.1) is 0 Å². The van der Waals surface area contributed by atoms with Crippen molar-refractivity contribution in [1.29, 1.82) is 0 Å². The topological polar surface area (TPSA) is 29.3 Å². The van der Waals surface area contributed by atoms with Crippen molar-refractivity contribution < 1.29 is 0 Å². The minimum Gasteiger partial charge on any atom is -0.323 e. The van der Waals surface area contributed by atoms with Crippen LogP contribution in [0, 0.1) is 5.92 Å². The molecule has 1 atom stereocenters. The van der Waals surface area contributed by atoms with Gasteiger partial charge in [0, 0.05) is 25.2 Å². The van der Waals surface area contributed by atoms with Gasteiger partial charge < -0.3 is 5.73 Å². The molecule has 0 radical (unpaired) electrons. The summed E-state index contributed by atoms with van der Waals surface area (Å²) in [6.45, 7) is 6.71. The van der Waals surface area contributed by atoms with E-state index < -0.39 is 0 Å². The zero-order valence-corrected chi connectivity index (χ0v) is 13.1. The summed E-state index contributed by atoms with van der Waals surface area (Å²) in [4.78, 5) is 2.59. The van der Waals surface area contributed by atoms with Crippen LogP contribution in [0.5, 0.6) is 0 Å². The highest BCUT2D eigenvalue weighted by Gasteiger charge is 2.30. The number of benzene rings is 2. The Kier molecular flexibility index (Phi) is 4.27. The second-order valence-electron chi connectivity index (χ2n) is 6.75. The van der Waals surface area contributed by atoms with Crippen LogP contribution in [0.25, 0.3) is 10.8 Å². The number of hydrogen-bond acceptors (Lipinski definition) is 2. The van der Waals surface area contributed by atoms with Crippen LogP contribution in [0.15, 0.2) is 42.5 Å². The fourth-order valence-corrected chi connectivity index (χ4v) is 3.21. The smallest absolute Gasteiger partial charge is 0.0430 e. The Morgan fingerprint density at radius 1 is 1.05 bits per heavy atom. The highest BCUT2D eigenvalue weighted by atomic mass is 15.2. The largest absolute Gasteiger partial charge is 0.323 e. The zero-order chi connectivity index (χ0) is 14.8. The Balaban J connectivity index is 1.81. The molecule has 2 aromatic rings. The van der Waals surface area contributed by atoms with Crippen LogP contribution in [0.2, 0.25) is 0 Å². The van der Waals surface area contributed by atoms with Gasteiger partial charge in [-0.1, -0.05) is 56.3 Å². The third kappa shape index (κ3) is 3.45. The molecule has 0 amide bonds. The summed E-state index contributed by atoms with van der Waals surface area (Å²) in [5, 5.41) is 2.58. The second kappa shape index (κ2) is 6.17. The van der Waals surface area contributed by atoms with Gasteiger partial charge in [-0.3, -0.25) is 4.90 Å². The molecule has 1 aliphatic carbocycles. The Bertz CT molecular complexity index is 596. The predicted molar refractivity (Wildman–Crippen MR) is 90.3 cm³/mol. The van der Waals surface area contributed by atoms with Crippen LogP contribution in [-0.4, -0.2) is 24.0 Å². The van der Waals surface area contributed by atoms with Crippen molar-refractivity contribution in [1.82, 2.24) is 4.90 Å². The Morgan fingerprint density at radius 3 is 2.48 bits per heavy atom. The summed E-state index contributed by atoms with van der Waals surface area (Å²) in [5.74, 6) is 0.699. The minimum absolute atomic E-state index is 0.0930. The molecular formula is C19H26N2. The molecular weight excluding hydrogens is 256 g/mol. The monoisotopic (exact) mass is 282 g/mol. The number of rotatable bonds is 6. The van der Waals surface area contributed by atoms with Crippen LogP contribution in [0.4, 0.5) is 0 Å². The lowest BCUT2D eigenvalue weighted by Crippen LogP contribution is -2.36.